The van der Waals surface area contributed by atoms with Crippen molar-refractivity contribution < 1.29 is 9.59 Å². The van der Waals surface area contributed by atoms with E-state index in [-0.39, 0.29) is 5.91 Å². The zero-order chi connectivity index (χ0) is 16.1. The molecule has 0 aliphatic rings. The molecule has 0 radical (unpaired) electrons. The Balaban J connectivity index is 2.08. The standard InChI is InChI=1S/C17H19N3O2/c1-20(2)11-12-6-8-15(9-7-12)19-17(22)14-5-3-4-13(10-14)16(18)21/h3-10H,11H2,1-2H3,(H2,18,21)(H,19,22). The molecule has 0 aliphatic carbocycles. The third-order valence-corrected chi connectivity index (χ3v) is 3.12. The molecule has 3 N–H and O–H groups in total. The van der Waals surface area contributed by atoms with Crippen LogP contribution in [-0.2, 0) is 6.54 Å². The topological polar surface area (TPSA) is 75.4 Å². The summed E-state index contributed by atoms with van der Waals surface area (Å²) in [6.45, 7) is 0.842. The predicted molar refractivity (Wildman–Crippen MR) is 86.7 cm³/mol. The van der Waals surface area contributed by atoms with Gasteiger partial charge in [0.1, 0.15) is 0 Å². The number of benzene rings is 2. The Morgan fingerprint density at radius 3 is 2.27 bits per heavy atom. The Morgan fingerprint density at radius 1 is 1.05 bits per heavy atom. The minimum atomic E-state index is -0.553. The first-order chi connectivity index (χ1) is 10.5. The molecule has 22 heavy (non-hydrogen) atoms. The molecule has 2 aromatic carbocycles. The van der Waals surface area contributed by atoms with Gasteiger partial charge in [0.25, 0.3) is 5.91 Å². The molecule has 114 valence electrons. The van der Waals surface area contributed by atoms with E-state index in [1.54, 1.807) is 18.2 Å². The second-order valence-electron chi connectivity index (χ2n) is 5.33. The Hall–Kier alpha value is -2.66. The SMILES string of the molecule is CN(C)Cc1ccc(NC(=O)c2cccc(C(N)=O)c2)cc1. The van der Waals surface area contributed by atoms with Crippen LogP contribution in [0.3, 0.4) is 0 Å². The van der Waals surface area contributed by atoms with Gasteiger partial charge in [-0.3, -0.25) is 9.59 Å². The van der Waals surface area contributed by atoms with Crippen LogP contribution in [0.1, 0.15) is 26.3 Å². The van der Waals surface area contributed by atoms with Gasteiger partial charge in [0.15, 0.2) is 0 Å². The maximum Gasteiger partial charge on any atom is 0.255 e. The van der Waals surface area contributed by atoms with E-state index in [9.17, 15) is 9.59 Å². The molecule has 0 saturated carbocycles. The Labute approximate surface area is 129 Å². The van der Waals surface area contributed by atoms with Crippen molar-refractivity contribution in [3.05, 3.63) is 65.2 Å². The van der Waals surface area contributed by atoms with Crippen LogP contribution < -0.4 is 11.1 Å². The molecule has 0 heterocycles. The number of nitrogens with one attached hydrogen (secondary N) is 1. The number of hydrogen-bond acceptors (Lipinski definition) is 3. The number of nitrogens with two attached hydrogens (primary N) is 1. The molecule has 0 unspecified atom stereocenters. The smallest absolute Gasteiger partial charge is 0.255 e. The van der Waals surface area contributed by atoms with Gasteiger partial charge in [0, 0.05) is 23.4 Å². The molecule has 0 fully saturated rings. The number of carbonyl (C=O) groups is 2. The van der Waals surface area contributed by atoms with E-state index in [0.29, 0.717) is 16.8 Å². The van der Waals surface area contributed by atoms with E-state index in [0.717, 1.165) is 6.54 Å². The van der Waals surface area contributed by atoms with Crippen molar-refractivity contribution in [2.75, 3.05) is 19.4 Å². The molecule has 0 saturated heterocycles. The molecule has 0 aromatic heterocycles. The van der Waals surface area contributed by atoms with Crippen molar-refractivity contribution in [2.24, 2.45) is 5.73 Å². The van der Waals surface area contributed by atoms with Gasteiger partial charge in [-0.15, -0.1) is 0 Å². The van der Waals surface area contributed by atoms with E-state index < -0.39 is 5.91 Å². The molecule has 2 amide bonds. The van der Waals surface area contributed by atoms with Gasteiger partial charge in [-0.2, -0.15) is 0 Å². The number of anilines is 1. The average Bonchev–Trinajstić information content (AvgIpc) is 2.49. The highest BCUT2D eigenvalue weighted by atomic mass is 16.2. The van der Waals surface area contributed by atoms with Crippen molar-refractivity contribution in [1.29, 1.82) is 0 Å². The zero-order valence-corrected chi connectivity index (χ0v) is 12.7. The minimum Gasteiger partial charge on any atom is -0.366 e. The normalized spacial score (nSPS) is 10.5. The van der Waals surface area contributed by atoms with Gasteiger partial charge >= 0.3 is 0 Å². The highest BCUT2D eigenvalue weighted by Gasteiger charge is 2.09. The van der Waals surface area contributed by atoms with E-state index in [2.05, 4.69) is 10.2 Å². The van der Waals surface area contributed by atoms with Crippen molar-refractivity contribution in [3.8, 4) is 0 Å². The predicted octanol–water partition coefficient (Wildman–Crippen LogP) is 2.10. The van der Waals surface area contributed by atoms with Crippen LogP contribution in [0.15, 0.2) is 48.5 Å². The molecular formula is C17H19N3O2. The van der Waals surface area contributed by atoms with Crippen LogP contribution in [-0.4, -0.2) is 30.8 Å². The molecule has 0 aliphatic heterocycles. The Bertz CT molecular complexity index is 679. The number of carbonyl (C=O) groups excluding carboxylic acids is 2. The second kappa shape index (κ2) is 6.87. The lowest BCUT2D eigenvalue weighted by molar-refractivity contribution is 0.1000. The average molecular weight is 297 g/mol. The third-order valence-electron chi connectivity index (χ3n) is 3.12. The first-order valence-corrected chi connectivity index (χ1v) is 6.90. The molecule has 5 nitrogen and oxygen atoms in total. The van der Waals surface area contributed by atoms with Crippen molar-refractivity contribution >= 4 is 17.5 Å². The minimum absolute atomic E-state index is 0.275. The lowest BCUT2D eigenvalue weighted by Crippen LogP contribution is -2.15. The number of rotatable bonds is 5. The lowest BCUT2D eigenvalue weighted by atomic mass is 10.1. The van der Waals surface area contributed by atoms with Gasteiger partial charge in [0.2, 0.25) is 5.91 Å². The number of primary amides is 1. The fourth-order valence-electron chi connectivity index (χ4n) is 2.08. The highest BCUT2D eigenvalue weighted by Crippen LogP contribution is 2.13. The molecule has 2 aromatic rings. The maximum absolute atomic E-state index is 12.2. The maximum atomic E-state index is 12.2. The molecule has 0 spiro atoms. The summed E-state index contributed by atoms with van der Waals surface area (Å²) in [6.07, 6.45) is 0. The van der Waals surface area contributed by atoms with Crippen LogP contribution in [0.2, 0.25) is 0 Å². The summed E-state index contributed by atoms with van der Waals surface area (Å²) in [5, 5.41) is 2.80. The monoisotopic (exact) mass is 297 g/mol. The van der Waals surface area contributed by atoms with Crippen LogP contribution in [0.4, 0.5) is 5.69 Å². The fourth-order valence-corrected chi connectivity index (χ4v) is 2.08. The van der Waals surface area contributed by atoms with Gasteiger partial charge in [-0.25, -0.2) is 0 Å². The van der Waals surface area contributed by atoms with Gasteiger partial charge < -0.3 is 16.0 Å². The Kier molecular flexibility index (Phi) is 4.91. The first kappa shape index (κ1) is 15.7. The number of hydrogen-bond donors (Lipinski definition) is 2. The summed E-state index contributed by atoms with van der Waals surface area (Å²) in [6, 6.07) is 14.0. The van der Waals surface area contributed by atoms with Crippen molar-refractivity contribution in [3.63, 3.8) is 0 Å². The van der Waals surface area contributed by atoms with E-state index in [1.807, 2.05) is 38.4 Å². The highest BCUT2D eigenvalue weighted by molar-refractivity contribution is 6.06. The fraction of sp³-hybridized carbons (Fsp3) is 0.176. The van der Waals surface area contributed by atoms with Crippen LogP contribution >= 0.6 is 0 Å². The zero-order valence-electron chi connectivity index (χ0n) is 12.7. The van der Waals surface area contributed by atoms with Gasteiger partial charge in [-0.05, 0) is 50.0 Å². The van der Waals surface area contributed by atoms with E-state index in [1.165, 1.54) is 11.6 Å². The molecular weight excluding hydrogens is 278 g/mol. The second-order valence-corrected chi connectivity index (χ2v) is 5.33. The van der Waals surface area contributed by atoms with Crippen molar-refractivity contribution in [2.45, 2.75) is 6.54 Å². The van der Waals surface area contributed by atoms with Crippen LogP contribution in [0.5, 0.6) is 0 Å². The van der Waals surface area contributed by atoms with E-state index >= 15 is 0 Å². The van der Waals surface area contributed by atoms with Gasteiger partial charge in [-0.1, -0.05) is 18.2 Å². The summed E-state index contributed by atoms with van der Waals surface area (Å²) in [5.74, 6) is -0.828. The molecule has 5 heteroatoms. The summed E-state index contributed by atoms with van der Waals surface area (Å²) in [5.41, 5.74) is 7.80. The molecule has 2 rings (SSSR count). The number of nitrogens with zero attached hydrogens (tertiary/aromatic N) is 1. The quantitative estimate of drug-likeness (QED) is 0.887. The summed E-state index contributed by atoms with van der Waals surface area (Å²) >= 11 is 0. The number of amides is 2. The van der Waals surface area contributed by atoms with Gasteiger partial charge in [0.05, 0.1) is 0 Å². The van der Waals surface area contributed by atoms with E-state index in [4.69, 9.17) is 5.73 Å². The molecule has 0 bridgehead atoms. The first-order valence-electron chi connectivity index (χ1n) is 6.90. The largest absolute Gasteiger partial charge is 0.366 e. The lowest BCUT2D eigenvalue weighted by Gasteiger charge is -2.11. The van der Waals surface area contributed by atoms with Crippen molar-refractivity contribution in [1.82, 2.24) is 4.90 Å². The summed E-state index contributed by atoms with van der Waals surface area (Å²) in [7, 11) is 4.00. The summed E-state index contributed by atoms with van der Waals surface area (Å²) < 4.78 is 0. The Morgan fingerprint density at radius 2 is 1.68 bits per heavy atom. The third kappa shape index (κ3) is 4.17. The molecule has 0 atom stereocenters. The summed E-state index contributed by atoms with van der Waals surface area (Å²) in [4.78, 5) is 25.4. The van der Waals surface area contributed by atoms with Crippen LogP contribution in [0.25, 0.3) is 0 Å². The van der Waals surface area contributed by atoms with Crippen LogP contribution in [0, 0.1) is 0 Å².